The van der Waals surface area contributed by atoms with Crippen molar-refractivity contribution in [2.45, 2.75) is 31.7 Å². The Labute approximate surface area is 116 Å². The first-order chi connectivity index (χ1) is 9.33. The summed E-state index contributed by atoms with van der Waals surface area (Å²) >= 11 is 0. The van der Waals surface area contributed by atoms with Gasteiger partial charge in [0, 0.05) is 6.42 Å². The summed E-state index contributed by atoms with van der Waals surface area (Å²) in [6.07, 6.45) is -0.441. The van der Waals surface area contributed by atoms with Crippen LogP contribution in [0.5, 0.6) is 0 Å². The third-order valence-electron chi connectivity index (χ3n) is 2.93. The Balaban J connectivity index is 2.68. The van der Waals surface area contributed by atoms with E-state index in [0.29, 0.717) is 0 Å². The van der Waals surface area contributed by atoms with E-state index in [4.69, 9.17) is 10.2 Å². The van der Waals surface area contributed by atoms with Gasteiger partial charge in [-0.15, -0.1) is 0 Å². The van der Waals surface area contributed by atoms with Crippen LogP contribution in [0.15, 0.2) is 30.3 Å². The largest absolute Gasteiger partial charge is 0.481 e. The Morgan fingerprint density at radius 3 is 2.25 bits per heavy atom. The standard InChI is InChI=1S/C14H17NO5/c1-14(13(19)20,8-7-12(17)18)15-11(16)9-10-5-3-2-4-6-10/h2-6H,7-9H2,1H3,(H,15,16)(H,17,18)(H,19,20)/t14-/m0/s1. The minimum Gasteiger partial charge on any atom is -0.481 e. The van der Waals surface area contributed by atoms with Gasteiger partial charge in [-0.2, -0.15) is 0 Å². The molecule has 0 bridgehead atoms. The number of aliphatic carboxylic acids is 2. The predicted molar refractivity (Wildman–Crippen MR) is 71.2 cm³/mol. The molecule has 0 radical (unpaired) electrons. The van der Waals surface area contributed by atoms with Crippen LogP contribution >= 0.6 is 0 Å². The quantitative estimate of drug-likeness (QED) is 0.692. The van der Waals surface area contributed by atoms with Gasteiger partial charge in [0.05, 0.1) is 6.42 Å². The average Bonchev–Trinajstić information content (AvgIpc) is 2.37. The van der Waals surface area contributed by atoms with E-state index < -0.39 is 23.4 Å². The summed E-state index contributed by atoms with van der Waals surface area (Å²) in [7, 11) is 0. The lowest BCUT2D eigenvalue weighted by atomic mass is 9.95. The van der Waals surface area contributed by atoms with Gasteiger partial charge in [-0.05, 0) is 18.9 Å². The minimum atomic E-state index is -1.58. The molecule has 0 aromatic heterocycles. The third kappa shape index (κ3) is 4.72. The zero-order valence-electron chi connectivity index (χ0n) is 11.1. The number of carbonyl (C=O) groups is 3. The molecule has 1 aromatic rings. The Morgan fingerprint density at radius 1 is 1.15 bits per heavy atom. The Hall–Kier alpha value is -2.37. The van der Waals surface area contributed by atoms with E-state index in [-0.39, 0.29) is 19.3 Å². The van der Waals surface area contributed by atoms with E-state index in [9.17, 15) is 14.4 Å². The number of carboxylic acids is 2. The van der Waals surface area contributed by atoms with Crippen LogP contribution in [0.1, 0.15) is 25.3 Å². The SMILES string of the molecule is C[C@@](CCC(=O)O)(NC(=O)Cc1ccccc1)C(=O)O. The fraction of sp³-hybridized carbons (Fsp3) is 0.357. The van der Waals surface area contributed by atoms with Gasteiger partial charge in [0.2, 0.25) is 5.91 Å². The molecule has 1 amide bonds. The van der Waals surface area contributed by atoms with Crippen molar-refractivity contribution in [3.63, 3.8) is 0 Å². The van der Waals surface area contributed by atoms with Crippen molar-refractivity contribution >= 4 is 17.8 Å². The van der Waals surface area contributed by atoms with E-state index in [1.165, 1.54) is 6.92 Å². The molecule has 1 aromatic carbocycles. The molecule has 0 aliphatic heterocycles. The second-order valence-corrected chi connectivity index (χ2v) is 4.74. The molecule has 0 aliphatic carbocycles. The number of hydrogen-bond acceptors (Lipinski definition) is 3. The summed E-state index contributed by atoms with van der Waals surface area (Å²) in [5.41, 5.74) is -0.819. The zero-order chi connectivity index (χ0) is 15.2. The Kier molecular flexibility index (Phi) is 5.25. The normalized spacial score (nSPS) is 13.2. The fourth-order valence-corrected chi connectivity index (χ4v) is 1.71. The van der Waals surface area contributed by atoms with Crippen LogP contribution in [-0.2, 0) is 20.8 Å². The molecule has 1 atom stereocenters. The van der Waals surface area contributed by atoms with E-state index >= 15 is 0 Å². The van der Waals surface area contributed by atoms with Gasteiger partial charge < -0.3 is 15.5 Å². The number of rotatable bonds is 7. The smallest absolute Gasteiger partial charge is 0.329 e. The number of benzene rings is 1. The summed E-state index contributed by atoms with van der Waals surface area (Å²) in [6, 6.07) is 8.90. The molecule has 0 aliphatic rings. The third-order valence-corrected chi connectivity index (χ3v) is 2.93. The van der Waals surface area contributed by atoms with Crippen molar-refractivity contribution in [3.8, 4) is 0 Å². The van der Waals surface area contributed by atoms with Gasteiger partial charge in [-0.25, -0.2) is 4.79 Å². The van der Waals surface area contributed by atoms with Gasteiger partial charge in [-0.1, -0.05) is 30.3 Å². The molecule has 0 saturated heterocycles. The fourth-order valence-electron chi connectivity index (χ4n) is 1.71. The molecule has 0 saturated carbocycles. The molecule has 0 fully saturated rings. The topological polar surface area (TPSA) is 104 Å². The lowest BCUT2D eigenvalue weighted by molar-refractivity contribution is -0.148. The molecule has 6 nitrogen and oxygen atoms in total. The predicted octanol–water partition coefficient (Wildman–Crippen LogP) is 1.05. The van der Waals surface area contributed by atoms with Gasteiger partial charge in [-0.3, -0.25) is 9.59 Å². The maximum Gasteiger partial charge on any atom is 0.329 e. The van der Waals surface area contributed by atoms with Crippen LogP contribution in [-0.4, -0.2) is 33.6 Å². The highest BCUT2D eigenvalue weighted by molar-refractivity contribution is 5.88. The first-order valence-corrected chi connectivity index (χ1v) is 6.13. The molecule has 20 heavy (non-hydrogen) atoms. The van der Waals surface area contributed by atoms with Gasteiger partial charge >= 0.3 is 11.9 Å². The summed E-state index contributed by atoms with van der Waals surface area (Å²) in [5, 5.41) is 20.2. The van der Waals surface area contributed by atoms with Crippen molar-refractivity contribution in [3.05, 3.63) is 35.9 Å². The average molecular weight is 279 g/mol. The maximum atomic E-state index is 11.9. The van der Waals surface area contributed by atoms with Gasteiger partial charge in [0.15, 0.2) is 0 Å². The van der Waals surface area contributed by atoms with Crippen molar-refractivity contribution in [1.82, 2.24) is 5.32 Å². The van der Waals surface area contributed by atoms with Crippen LogP contribution in [0.25, 0.3) is 0 Å². The van der Waals surface area contributed by atoms with E-state index in [0.717, 1.165) is 5.56 Å². The van der Waals surface area contributed by atoms with Gasteiger partial charge in [0.25, 0.3) is 0 Å². The lowest BCUT2D eigenvalue weighted by Gasteiger charge is -2.25. The van der Waals surface area contributed by atoms with Crippen molar-refractivity contribution in [1.29, 1.82) is 0 Å². The Bertz CT molecular complexity index is 500. The number of amides is 1. The van der Waals surface area contributed by atoms with Crippen LogP contribution in [0.4, 0.5) is 0 Å². The van der Waals surface area contributed by atoms with E-state index in [1.54, 1.807) is 24.3 Å². The molecule has 108 valence electrons. The Morgan fingerprint density at radius 2 is 1.75 bits per heavy atom. The second-order valence-electron chi connectivity index (χ2n) is 4.74. The summed E-state index contributed by atoms with van der Waals surface area (Å²) in [6.45, 7) is 1.31. The minimum absolute atomic E-state index is 0.0524. The van der Waals surface area contributed by atoms with Crippen molar-refractivity contribution in [2.24, 2.45) is 0 Å². The van der Waals surface area contributed by atoms with E-state index in [1.807, 2.05) is 6.07 Å². The van der Waals surface area contributed by atoms with Crippen molar-refractivity contribution < 1.29 is 24.6 Å². The second kappa shape index (κ2) is 6.70. The first-order valence-electron chi connectivity index (χ1n) is 6.13. The van der Waals surface area contributed by atoms with Crippen LogP contribution in [0, 0.1) is 0 Å². The van der Waals surface area contributed by atoms with Crippen LogP contribution < -0.4 is 5.32 Å². The maximum absolute atomic E-state index is 11.9. The number of hydrogen-bond donors (Lipinski definition) is 3. The summed E-state index contributed by atoms with van der Waals surface area (Å²) < 4.78 is 0. The highest BCUT2D eigenvalue weighted by atomic mass is 16.4. The highest BCUT2D eigenvalue weighted by Crippen LogP contribution is 2.13. The van der Waals surface area contributed by atoms with Crippen molar-refractivity contribution in [2.75, 3.05) is 0 Å². The van der Waals surface area contributed by atoms with Crippen LogP contribution in [0.3, 0.4) is 0 Å². The molecule has 3 N–H and O–H groups in total. The molecule has 0 unspecified atom stereocenters. The summed E-state index contributed by atoms with van der Waals surface area (Å²) in [4.78, 5) is 33.6. The zero-order valence-corrected chi connectivity index (χ0v) is 11.1. The molecule has 0 spiro atoms. The molecule has 6 heteroatoms. The number of carboxylic acid groups (broad SMARTS) is 2. The number of nitrogens with one attached hydrogen (secondary N) is 1. The molecule has 0 heterocycles. The molecular formula is C14H17NO5. The molecular weight excluding hydrogens is 262 g/mol. The first kappa shape index (κ1) is 15.7. The number of carbonyl (C=O) groups excluding carboxylic acids is 1. The summed E-state index contributed by atoms with van der Waals surface area (Å²) in [5.74, 6) is -2.80. The monoisotopic (exact) mass is 279 g/mol. The van der Waals surface area contributed by atoms with Gasteiger partial charge in [0.1, 0.15) is 5.54 Å². The lowest BCUT2D eigenvalue weighted by Crippen LogP contribution is -2.52. The van der Waals surface area contributed by atoms with E-state index in [2.05, 4.69) is 5.32 Å². The highest BCUT2D eigenvalue weighted by Gasteiger charge is 2.35. The molecule has 1 rings (SSSR count). The van der Waals surface area contributed by atoms with Crippen LogP contribution in [0.2, 0.25) is 0 Å².